The Hall–Kier alpha value is -2.57. The van der Waals surface area contributed by atoms with E-state index in [1.807, 2.05) is 4.90 Å². The first-order chi connectivity index (χ1) is 15.6. The molecule has 1 amide bonds. The van der Waals surface area contributed by atoms with Crippen molar-refractivity contribution in [2.24, 2.45) is 23.2 Å². The summed E-state index contributed by atoms with van der Waals surface area (Å²) in [5.41, 5.74) is 1.14. The third-order valence-corrected chi connectivity index (χ3v) is 7.86. The van der Waals surface area contributed by atoms with Crippen LogP contribution in [0.3, 0.4) is 0 Å². The Labute approximate surface area is 194 Å². The fourth-order valence-electron chi connectivity index (χ4n) is 6.81. The summed E-state index contributed by atoms with van der Waals surface area (Å²) in [6.45, 7) is 8.37. The lowest BCUT2D eigenvalue weighted by molar-refractivity contribution is -0.140. The van der Waals surface area contributed by atoms with Crippen LogP contribution in [-0.2, 0) is 16.1 Å². The molecule has 1 aliphatic heterocycles. The molecule has 5 atom stereocenters. The molecule has 1 saturated heterocycles. The summed E-state index contributed by atoms with van der Waals surface area (Å²) in [7, 11) is 0. The van der Waals surface area contributed by atoms with Gasteiger partial charge in [0.1, 0.15) is 12.2 Å². The van der Waals surface area contributed by atoms with Gasteiger partial charge in [-0.2, -0.15) is 5.10 Å². The average Bonchev–Trinajstić information content (AvgIpc) is 3.22. The maximum absolute atomic E-state index is 13.4. The molecule has 2 saturated carbocycles. The molecule has 33 heavy (non-hydrogen) atoms. The summed E-state index contributed by atoms with van der Waals surface area (Å²) < 4.78 is 1.52. The van der Waals surface area contributed by atoms with E-state index in [9.17, 15) is 14.4 Å². The second-order valence-electron chi connectivity index (χ2n) is 11.5. The van der Waals surface area contributed by atoms with E-state index < -0.39 is 0 Å². The molecular formula is C26H34N4O3. The van der Waals surface area contributed by atoms with Crippen molar-refractivity contribution in [2.45, 2.75) is 84.8 Å². The SMILES string of the molecule is CC(=O)c1nn(CC(=O)N2[C@@H]3C[C@@H]3C[C@H]2C(=O)CC2CC(C)CC(C)(C)C2)c2ncccc12. The number of nitrogens with zero attached hydrogens (tertiary/aromatic N) is 4. The van der Waals surface area contributed by atoms with E-state index in [0.29, 0.717) is 40.9 Å². The van der Waals surface area contributed by atoms with Gasteiger partial charge in [0.25, 0.3) is 0 Å². The van der Waals surface area contributed by atoms with Gasteiger partial charge in [0.05, 0.1) is 11.4 Å². The summed E-state index contributed by atoms with van der Waals surface area (Å²) in [5.74, 6) is 1.46. The molecule has 2 aromatic heterocycles. The predicted octanol–water partition coefficient (Wildman–Crippen LogP) is 4.04. The first kappa shape index (κ1) is 22.2. The monoisotopic (exact) mass is 450 g/mol. The van der Waals surface area contributed by atoms with Gasteiger partial charge in [-0.25, -0.2) is 9.67 Å². The first-order valence-corrected chi connectivity index (χ1v) is 12.3. The van der Waals surface area contributed by atoms with E-state index in [1.54, 1.807) is 18.3 Å². The van der Waals surface area contributed by atoms with Crippen LogP contribution in [0, 0.1) is 23.2 Å². The van der Waals surface area contributed by atoms with Gasteiger partial charge in [-0.3, -0.25) is 14.4 Å². The topological polar surface area (TPSA) is 85.2 Å². The van der Waals surface area contributed by atoms with Gasteiger partial charge in [0, 0.05) is 25.6 Å². The van der Waals surface area contributed by atoms with E-state index in [4.69, 9.17) is 0 Å². The molecule has 2 aliphatic carbocycles. The van der Waals surface area contributed by atoms with Crippen molar-refractivity contribution in [3.63, 3.8) is 0 Å². The number of aromatic nitrogens is 3. The largest absolute Gasteiger partial charge is 0.328 e. The number of Topliss-reactive ketones (excluding diaryl/α,β-unsaturated/α-hetero) is 2. The number of carbonyl (C=O) groups is 3. The van der Waals surface area contributed by atoms with Crippen molar-refractivity contribution >= 4 is 28.5 Å². The maximum atomic E-state index is 13.4. The standard InChI is InChI=1S/C26H34N4O3/c1-15-8-17(13-26(3,4)12-15)9-22(32)21-11-18-10-20(18)30(21)23(33)14-29-25-19(6-5-7-27-25)24(28-29)16(2)31/h5-7,15,17-18,20-21H,8-14H2,1-4H3/t15?,17?,18-,20-,21+/m1/s1. The number of likely N-dealkylation sites (tertiary alicyclic amines) is 1. The number of fused-ring (bicyclic) bond motifs is 2. The van der Waals surface area contributed by atoms with Crippen molar-refractivity contribution in [2.75, 3.05) is 0 Å². The lowest BCUT2D eigenvalue weighted by atomic mass is 9.66. The van der Waals surface area contributed by atoms with Crippen LogP contribution >= 0.6 is 0 Å². The predicted molar refractivity (Wildman–Crippen MR) is 125 cm³/mol. The Kier molecular flexibility index (Phi) is 5.41. The molecule has 7 heteroatoms. The molecule has 0 radical (unpaired) electrons. The van der Waals surface area contributed by atoms with Gasteiger partial charge < -0.3 is 4.90 Å². The number of ketones is 2. The van der Waals surface area contributed by atoms with E-state index in [2.05, 4.69) is 30.9 Å². The fourth-order valence-corrected chi connectivity index (χ4v) is 6.81. The molecule has 176 valence electrons. The first-order valence-electron chi connectivity index (χ1n) is 12.3. The normalized spacial score (nSPS) is 30.3. The van der Waals surface area contributed by atoms with Crippen molar-refractivity contribution in [3.8, 4) is 0 Å². The van der Waals surface area contributed by atoms with Crippen molar-refractivity contribution in [1.82, 2.24) is 19.7 Å². The van der Waals surface area contributed by atoms with Crippen LogP contribution in [0.25, 0.3) is 11.0 Å². The zero-order valence-electron chi connectivity index (χ0n) is 20.1. The van der Waals surface area contributed by atoms with Crippen molar-refractivity contribution in [1.29, 1.82) is 0 Å². The highest BCUT2D eigenvalue weighted by molar-refractivity contribution is 6.04. The summed E-state index contributed by atoms with van der Waals surface area (Å²) in [6.07, 6.45) is 7.38. The number of carbonyl (C=O) groups excluding carboxylic acids is 3. The van der Waals surface area contributed by atoms with Crippen LogP contribution in [0.4, 0.5) is 0 Å². The van der Waals surface area contributed by atoms with E-state index in [0.717, 1.165) is 25.7 Å². The zero-order valence-corrected chi connectivity index (χ0v) is 20.1. The fraction of sp³-hybridized carbons (Fsp3) is 0.654. The molecule has 3 aliphatic rings. The quantitative estimate of drug-likeness (QED) is 0.620. The van der Waals surface area contributed by atoms with Gasteiger partial charge in [0.15, 0.2) is 17.2 Å². The summed E-state index contributed by atoms with van der Waals surface area (Å²) in [4.78, 5) is 45.1. The summed E-state index contributed by atoms with van der Waals surface area (Å²) in [6, 6.07) is 3.43. The molecule has 2 unspecified atom stereocenters. The Morgan fingerprint density at radius 3 is 2.67 bits per heavy atom. The highest BCUT2D eigenvalue weighted by Crippen LogP contribution is 2.49. The Bertz CT molecular complexity index is 1120. The lowest BCUT2D eigenvalue weighted by Crippen LogP contribution is -2.45. The highest BCUT2D eigenvalue weighted by Gasteiger charge is 2.56. The van der Waals surface area contributed by atoms with Crippen LogP contribution in [-0.4, -0.2) is 49.2 Å². The van der Waals surface area contributed by atoms with Gasteiger partial charge in [-0.05, 0) is 67.4 Å². The van der Waals surface area contributed by atoms with E-state index >= 15 is 0 Å². The van der Waals surface area contributed by atoms with Crippen molar-refractivity contribution < 1.29 is 14.4 Å². The molecule has 0 bridgehead atoms. The number of rotatable bonds is 6. The zero-order chi connectivity index (χ0) is 23.5. The van der Waals surface area contributed by atoms with Crippen LogP contribution in [0.1, 0.15) is 76.7 Å². The van der Waals surface area contributed by atoms with Crippen LogP contribution in [0.15, 0.2) is 18.3 Å². The van der Waals surface area contributed by atoms with Crippen LogP contribution in [0.2, 0.25) is 0 Å². The smallest absolute Gasteiger partial charge is 0.245 e. The summed E-state index contributed by atoms with van der Waals surface area (Å²) in [5, 5.41) is 5.06. The maximum Gasteiger partial charge on any atom is 0.245 e. The molecule has 0 N–H and O–H groups in total. The Balaban J connectivity index is 1.33. The molecule has 3 heterocycles. The highest BCUT2D eigenvalue weighted by atomic mass is 16.2. The minimum absolute atomic E-state index is 0.00128. The Morgan fingerprint density at radius 1 is 1.15 bits per heavy atom. The van der Waals surface area contributed by atoms with Gasteiger partial charge in [0.2, 0.25) is 5.91 Å². The van der Waals surface area contributed by atoms with Crippen LogP contribution < -0.4 is 0 Å². The number of piperidine rings is 1. The van der Waals surface area contributed by atoms with E-state index in [-0.39, 0.29) is 41.5 Å². The number of hydrogen-bond donors (Lipinski definition) is 0. The minimum Gasteiger partial charge on any atom is -0.328 e. The van der Waals surface area contributed by atoms with Crippen LogP contribution in [0.5, 0.6) is 0 Å². The van der Waals surface area contributed by atoms with Gasteiger partial charge >= 0.3 is 0 Å². The van der Waals surface area contributed by atoms with Crippen molar-refractivity contribution in [3.05, 3.63) is 24.0 Å². The molecule has 3 fully saturated rings. The minimum atomic E-state index is -0.316. The third kappa shape index (κ3) is 4.22. The molecule has 7 nitrogen and oxygen atoms in total. The average molecular weight is 451 g/mol. The molecule has 0 spiro atoms. The summed E-state index contributed by atoms with van der Waals surface area (Å²) >= 11 is 0. The number of amides is 1. The second kappa shape index (κ2) is 8.03. The van der Waals surface area contributed by atoms with Gasteiger partial charge in [-0.1, -0.05) is 20.8 Å². The molecular weight excluding hydrogens is 416 g/mol. The number of hydrogen-bond acceptors (Lipinski definition) is 5. The molecule has 2 aromatic rings. The Morgan fingerprint density at radius 2 is 1.94 bits per heavy atom. The molecule has 5 rings (SSSR count). The molecule has 0 aromatic carbocycles. The second-order valence-corrected chi connectivity index (χ2v) is 11.5. The third-order valence-electron chi connectivity index (χ3n) is 7.86. The lowest BCUT2D eigenvalue weighted by Gasteiger charge is -2.39. The number of pyridine rings is 1. The van der Waals surface area contributed by atoms with Gasteiger partial charge in [-0.15, -0.1) is 0 Å². The van der Waals surface area contributed by atoms with E-state index in [1.165, 1.54) is 18.0 Å².